The molecule has 0 aliphatic heterocycles. The van der Waals surface area contributed by atoms with E-state index >= 15 is 0 Å². The van der Waals surface area contributed by atoms with Gasteiger partial charge in [-0.15, -0.1) is 0 Å². The number of nitrogens with one attached hydrogen (secondary N) is 3. The molecule has 22 heavy (non-hydrogen) atoms. The molecule has 0 atom stereocenters. The maximum atomic E-state index is 11.8. The minimum Gasteiger partial charge on any atom is -0.444 e. The quantitative estimate of drug-likeness (QED) is 0.808. The highest BCUT2D eigenvalue weighted by molar-refractivity contribution is 5.93. The van der Waals surface area contributed by atoms with E-state index in [-0.39, 0.29) is 18.9 Å². The lowest BCUT2D eigenvalue weighted by Gasteiger charge is -2.19. The first-order chi connectivity index (χ1) is 10.3. The van der Waals surface area contributed by atoms with E-state index in [1.54, 1.807) is 33.0 Å². The molecule has 0 spiro atoms. The molecule has 118 valence electrons. The summed E-state index contributed by atoms with van der Waals surface area (Å²) in [4.78, 5) is 23.3. The van der Waals surface area contributed by atoms with Gasteiger partial charge in [0.15, 0.2) is 0 Å². The van der Waals surface area contributed by atoms with E-state index in [0.717, 1.165) is 10.9 Å². The highest BCUT2D eigenvalue weighted by Crippen LogP contribution is 2.16. The van der Waals surface area contributed by atoms with Crippen LogP contribution in [-0.4, -0.2) is 34.3 Å². The van der Waals surface area contributed by atoms with E-state index < -0.39 is 11.7 Å². The lowest BCUT2D eigenvalue weighted by Crippen LogP contribution is -2.34. The Morgan fingerprint density at radius 3 is 2.82 bits per heavy atom. The number of amides is 2. The van der Waals surface area contributed by atoms with Crippen molar-refractivity contribution in [2.75, 3.05) is 11.9 Å². The van der Waals surface area contributed by atoms with Crippen LogP contribution in [0.15, 0.2) is 24.4 Å². The Morgan fingerprint density at radius 1 is 1.32 bits per heavy atom. The molecule has 0 aliphatic carbocycles. The Kier molecular flexibility index (Phi) is 4.65. The SMILES string of the molecule is CC(C)(C)OC(=O)NCCC(=O)Nc1ccc2[nH]ncc2c1. The highest BCUT2D eigenvalue weighted by atomic mass is 16.6. The molecular formula is C15H20N4O3. The van der Waals surface area contributed by atoms with Gasteiger partial charge in [0.2, 0.25) is 5.91 Å². The number of carbonyl (C=O) groups excluding carboxylic acids is 2. The van der Waals surface area contributed by atoms with Crippen molar-refractivity contribution in [3.63, 3.8) is 0 Å². The Bertz CT molecular complexity index is 673. The molecule has 0 aliphatic rings. The normalized spacial score (nSPS) is 11.2. The molecule has 1 heterocycles. The minimum absolute atomic E-state index is 0.169. The average molecular weight is 304 g/mol. The number of aromatic amines is 1. The van der Waals surface area contributed by atoms with Crippen molar-refractivity contribution in [2.45, 2.75) is 32.8 Å². The summed E-state index contributed by atoms with van der Waals surface area (Å²) in [7, 11) is 0. The predicted octanol–water partition coefficient (Wildman–Crippen LogP) is 2.42. The number of hydrogen-bond donors (Lipinski definition) is 3. The topological polar surface area (TPSA) is 96.1 Å². The van der Waals surface area contributed by atoms with Crippen molar-refractivity contribution in [2.24, 2.45) is 0 Å². The van der Waals surface area contributed by atoms with E-state index in [1.807, 2.05) is 12.1 Å². The second-order valence-corrected chi connectivity index (χ2v) is 5.90. The molecule has 0 bridgehead atoms. The van der Waals surface area contributed by atoms with E-state index in [0.29, 0.717) is 5.69 Å². The number of rotatable bonds is 4. The average Bonchev–Trinajstić information content (AvgIpc) is 2.83. The van der Waals surface area contributed by atoms with Crippen LogP contribution in [0.25, 0.3) is 10.9 Å². The summed E-state index contributed by atoms with van der Waals surface area (Å²) in [6.07, 6.45) is 1.33. The molecule has 7 nitrogen and oxygen atoms in total. The van der Waals surface area contributed by atoms with Crippen molar-refractivity contribution >= 4 is 28.6 Å². The monoisotopic (exact) mass is 304 g/mol. The zero-order valence-electron chi connectivity index (χ0n) is 12.9. The Labute approximate surface area is 128 Å². The summed E-state index contributed by atoms with van der Waals surface area (Å²) in [5.41, 5.74) is 1.05. The fourth-order valence-electron chi connectivity index (χ4n) is 1.84. The van der Waals surface area contributed by atoms with E-state index in [4.69, 9.17) is 4.74 Å². The summed E-state index contributed by atoms with van der Waals surface area (Å²) in [6.45, 7) is 5.57. The zero-order chi connectivity index (χ0) is 16.2. The number of anilines is 1. The van der Waals surface area contributed by atoms with Gasteiger partial charge in [-0.3, -0.25) is 9.89 Å². The van der Waals surface area contributed by atoms with Crippen molar-refractivity contribution in [3.05, 3.63) is 24.4 Å². The Balaban J connectivity index is 1.77. The molecule has 2 aromatic rings. The summed E-state index contributed by atoms with van der Waals surface area (Å²) < 4.78 is 5.08. The number of carbonyl (C=O) groups is 2. The smallest absolute Gasteiger partial charge is 0.407 e. The summed E-state index contributed by atoms with van der Waals surface area (Å²) >= 11 is 0. The first kappa shape index (κ1) is 15.8. The number of nitrogens with zero attached hydrogens (tertiary/aromatic N) is 1. The van der Waals surface area contributed by atoms with Gasteiger partial charge in [-0.2, -0.15) is 5.10 Å². The van der Waals surface area contributed by atoms with Gasteiger partial charge in [0.05, 0.1) is 11.7 Å². The van der Waals surface area contributed by atoms with Crippen LogP contribution in [0.4, 0.5) is 10.5 Å². The molecular weight excluding hydrogens is 284 g/mol. The van der Waals surface area contributed by atoms with Gasteiger partial charge in [0, 0.05) is 24.0 Å². The number of fused-ring (bicyclic) bond motifs is 1. The fraction of sp³-hybridized carbons (Fsp3) is 0.400. The Hall–Kier alpha value is -2.57. The van der Waals surface area contributed by atoms with Gasteiger partial charge in [-0.05, 0) is 39.0 Å². The Morgan fingerprint density at radius 2 is 2.09 bits per heavy atom. The van der Waals surface area contributed by atoms with Gasteiger partial charge >= 0.3 is 6.09 Å². The highest BCUT2D eigenvalue weighted by Gasteiger charge is 2.15. The predicted molar refractivity (Wildman–Crippen MR) is 83.6 cm³/mol. The van der Waals surface area contributed by atoms with E-state index in [2.05, 4.69) is 20.8 Å². The molecule has 2 rings (SSSR count). The maximum Gasteiger partial charge on any atom is 0.407 e. The van der Waals surface area contributed by atoms with Gasteiger partial charge < -0.3 is 15.4 Å². The third-order valence-corrected chi connectivity index (χ3v) is 2.74. The second-order valence-electron chi connectivity index (χ2n) is 5.90. The minimum atomic E-state index is -0.549. The first-order valence-electron chi connectivity index (χ1n) is 7.03. The van der Waals surface area contributed by atoms with Crippen molar-refractivity contribution in [3.8, 4) is 0 Å². The number of aromatic nitrogens is 2. The third kappa shape index (κ3) is 4.76. The van der Waals surface area contributed by atoms with Crippen LogP contribution in [0.3, 0.4) is 0 Å². The molecule has 1 aromatic heterocycles. The molecule has 0 fully saturated rings. The third-order valence-electron chi connectivity index (χ3n) is 2.74. The largest absolute Gasteiger partial charge is 0.444 e. The van der Waals surface area contributed by atoms with Crippen LogP contribution in [0.1, 0.15) is 27.2 Å². The van der Waals surface area contributed by atoms with Crippen molar-refractivity contribution in [1.29, 1.82) is 0 Å². The van der Waals surface area contributed by atoms with Crippen molar-refractivity contribution < 1.29 is 14.3 Å². The molecule has 3 N–H and O–H groups in total. The van der Waals surface area contributed by atoms with Crippen LogP contribution >= 0.6 is 0 Å². The zero-order valence-corrected chi connectivity index (χ0v) is 12.9. The number of hydrogen-bond acceptors (Lipinski definition) is 4. The van der Waals surface area contributed by atoms with Crippen LogP contribution < -0.4 is 10.6 Å². The number of ether oxygens (including phenoxy) is 1. The maximum absolute atomic E-state index is 11.8. The molecule has 0 radical (unpaired) electrons. The van der Waals surface area contributed by atoms with E-state index in [1.165, 1.54) is 0 Å². The van der Waals surface area contributed by atoms with Crippen LogP contribution in [-0.2, 0) is 9.53 Å². The standard InChI is InChI=1S/C15H20N4O3/c1-15(2,3)22-14(21)16-7-6-13(20)18-11-4-5-12-10(8-11)9-17-19-12/h4-5,8-9H,6-7H2,1-3H3,(H,16,21)(H,17,19)(H,18,20). The molecule has 0 saturated heterocycles. The summed E-state index contributed by atoms with van der Waals surface area (Å²) in [6, 6.07) is 5.47. The lowest BCUT2D eigenvalue weighted by molar-refractivity contribution is -0.116. The van der Waals surface area contributed by atoms with Gasteiger partial charge in [-0.1, -0.05) is 0 Å². The number of alkyl carbamates (subject to hydrolysis) is 1. The summed E-state index contributed by atoms with van der Waals surface area (Å²) in [5.74, 6) is -0.182. The molecule has 0 saturated carbocycles. The molecule has 1 aromatic carbocycles. The van der Waals surface area contributed by atoms with Crippen LogP contribution in [0.2, 0.25) is 0 Å². The van der Waals surface area contributed by atoms with E-state index in [9.17, 15) is 9.59 Å². The lowest BCUT2D eigenvalue weighted by atomic mass is 10.2. The van der Waals surface area contributed by atoms with Crippen LogP contribution in [0.5, 0.6) is 0 Å². The van der Waals surface area contributed by atoms with Gasteiger partial charge in [-0.25, -0.2) is 4.79 Å². The molecule has 0 unspecified atom stereocenters. The second kappa shape index (κ2) is 6.46. The number of benzene rings is 1. The molecule has 2 amide bonds. The van der Waals surface area contributed by atoms with Gasteiger partial charge in [0.1, 0.15) is 5.60 Å². The number of H-pyrrole nitrogens is 1. The fourth-order valence-corrected chi connectivity index (χ4v) is 1.84. The molecule has 7 heteroatoms. The summed E-state index contributed by atoms with van der Waals surface area (Å²) in [5, 5.41) is 13.0. The van der Waals surface area contributed by atoms with Crippen LogP contribution in [0, 0.1) is 0 Å². The first-order valence-corrected chi connectivity index (χ1v) is 7.03. The van der Waals surface area contributed by atoms with Crippen molar-refractivity contribution in [1.82, 2.24) is 15.5 Å². The van der Waals surface area contributed by atoms with Gasteiger partial charge in [0.25, 0.3) is 0 Å².